The Labute approximate surface area is 130 Å². The van der Waals surface area contributed by atoms with E-state index in [9.17, 15) is 16.8 Å². The minimum Gasteiger partial charge on any atom is -0.225 e. The molecule has 0 aliphatic heterocycles. The lowest BCUT2D eigenvalue weighted by molar-refractivity contribution is 0.596. The lowest BCUT2D eigenvalue weighted by atomic mass is 10.2. The fourth-order valence-corrected chi connectivity index (χ4v) is 2.65. The normalized spacial score (nSPS) is 11.5. The number of primary sulfonamides is 2. The molecule has 6 nitrogen and oxygen atoms in total. The summed E-state index contributed by atoms with van der Waals surface area (Å²) < 4.78 is 43.0. The summed E-state index contributed by atoms with van der Waals surface area (Å²) in [7, 11) is -7.04. The van der Waals surface area contributed by atoms with E-state index in [0.29, 0.717) is 0 Å². The molecule has 8 heteroatoms. The van der Waals surface area contributed by atoms with Crippen molar-refractivity contribution in [2.75, 3.05) is 0 Å². The van der Waals surface area contributed by atoms with Crippen LogP contribution < -0.4 is 10.3 Å². The lowest BCUT2D eigenvalue weighted by Gasteiger charge is -1.97. The topological polar surface area (TPSA) is 120 Å². The molecule has 2 rings (SSSR count). The summed E-state index contributed by atoms with van der Waals surface area (Å²) in [5.74, 6) is 0. The van der Waals surface area contributed by atoms with Crippen molar-refractivity contribution in [3.63, 3.8) is 0 Å². The van der Waals surface area contributed by atoms with Crippen LogP contribution in [0.25, 0.3) is 0 Å². The average Bonchev–Trinajstić information content (AvgIpc) is 2.38. The van der Waals surface area contributed by atoms with Gasteiger partial charge in [-0.25, -0.2) is 27.1 Å². The van der Waals surface area contributed by atoms with Gasteiger partial charge in [-0.2, -0.15) is 0 Å². The van der Waals surface area contributed by atoms with E-state index >= 15 is 0 Å². The predicted molar refractivity (Wildman–Crippen MR) is 85.1 cm³/mol. The Morgan fingerprint density at radius 3 is 1.55 bits per heavy atom. The molecule has 2 aromatic carbocycles. The van der Waals surface area contributed by atoms with Crippen LogP contribution in [0.5, 0.6) is 0 Å². The second-order valence-electron chi connectivity index (χ2n) is 4.72. The third-order valence-electron chi connectivity index (χ3n) is 2.67. The zero-order valence-corrected chi connectivity index (χ0v) is 13.9. The average molecular weight is 342 g/mol. The van der Waals surface area contributed by atoms with Crippen molar-refractivity contribution in [1.82, 2.24) is 0 Å². The molecule has 0 saturated heterocycles. The summed E-state index contributed by atoms with van der Waals surface area (Å²) in [4.78, 5) is 0.320. The lowest BCUT2D eigenvalue weighted by Crippen LogP contribution is -2.11. The maximum atomic E-state index is 10.8. The van der Waals surface area contributed by atoms with Gasteiger partial charge in [0.25, 0.3) is 0 Å². The van der Waals surface area contributed by atoms with E-state index in [1.165, 1.54) is 24.3 Å². The van der Waals surface area contributed by atoms with Gasteiger partial charge < -0.3 is 0 Å². The zero-order chi connectivity index (χ0) is 17.0. The summed E-state index contributed by atoms with van der Waals surface area (Å²) in [6, 6.07) is 12.9. The van der Waals surface area contributed by atoms with E-state index in [0.717, 1.165) is 11.1 Å². The van der Waals surface area contributed by atoms with Crippen molar-refractivity contribution < 1.29 is 16.8 Å². The van der Waals surface area contributed by atoms with Crippen molar-refractivity contribution >= 4 is 20.0 Å². The van der Waals surface area contributed by atoms with E-state index in [-0.39, 0.29) is 9.79 Å². The number of nitrogens with two attached hydrogens (primary N) is 2. The Hall–Kier alpha value is -1.74. The maximum absolute atomic E-state index is 10.8. The Kier molecular flexibility index (Phi) is 5.84. The van der Waals surface area contributed by atoms with Gasteiger partial charge in [0.2, 0.25) is 20.0 Å². The molecule has 22 heavy (non-hydrogen) atoms. The van der Waals surface area contributed by atoms with Crippen LogP contribution in [0.15, 0.2) is 58.3 Å². The molecule has 0 bridgehead atoms. The van der Waals surface area contributed by atoms with Crippen LogP contribution in [-0.2, 0) is 20.0 Å². The molecule has 0 heterocycles. The van der Waals surface area contributed by atoms with Crippen LogP contribution in [0.3, 0.4) is 0 Å². The molecular weight excluding hydrogens is 324 g/mol. The second-order valence-corrected chi connectivity index (χ2v) is 7.84. The first-order valence-corrected chi connectivity index (χ1v) is 9.28. The molecule has 0 aromatic heterocycles. The molecule has 0 spiro atoms. The van der Waals surface area contributed by atoms with Crippen LogP contribution >= 0.6 is 0 Å². The van der Waals surface area contributed by atoms with Crippen LogP contribution in [0.1, 0.15) is 11.1 Å². The van der Waals surface area contributed by atoms with Gasteiger partial charge in [-0.15, -0.1) is 0 Å². The minimum atomic E-state index is -3.53. The van der Waals surface area contributed by atoms with Crippen LogP contribution in [0.4, 0.5) is 0 Å². The van der Waals surface area contributed by atoms with E-state index in [1.54, 1.807) is 18.2 Å². The van der Waals surface area contributed by atoms with Gasteiger partial charge in [-0.1, -0.05) is 29.8 Å². The summed E-state index contributed by atoms with van der Waals surface area (Å²) >= 11 is 0. The van der Waals surface area contributed by atoms with Gasteiger partial charge in [0, 0.05) is 0 Å². The van der Waals surface area contributed by atoms with E-state index in [1.807, 2.05) is 19.9 Å². The molecule has 0 unspecified atom stereocenters. The van der Waals surface area contributed by atoms with Crippen molar-refractivity contribution in [3.05, 3.63) is 59.7 Å². The summed E-state index contributed by atoms with van der Waals surface area (Å²) in [6.07, 6.45) is 0. The van der Waals surface area contributed by atoms with E-state index in [2.05, 4.69) is 0 Å². The number of hydrogen-bond donors (Lipinski definition) is 2. The first-order chi connectivity index (χ1) is 10.00. The number of sulfonamides is 2. The van der Waals surface area contributed by atoms with Gasteiger partial charge in [0.15, 0.2) is 0 Å². The first kappa shape index (κ1) is 18.3. The Balaban J connectivity index is 0.000000220. The van der Waals surface area contributed by atoms with Gasteiger partial charge in [-0.3, -0.25) is 0 Å². The molecule has 120 valence electrons. The molecule has 4 N–H and O–H groups in total. The van der Waals surface area contributed by atoms with E-state index < -0.39 is 20.0 Å². The third kappa shape index (κ3) is 5.94. The Bertz CT molecular complexity index is 843. The molecule has 0 amide bonds. The van der Waals surface area contributed by atoms with Gasteiger partial charge in [-0.05, 0) is 43.7 Å². The zero-order valence-electron chi connectivity index (χ0n) is 12.2. The quantitative estimate of drug-likeness (QED) is 0.854. The van der Waals surface area contributed by atoms with Gasteiger partial charge in [0.05, 0.1) is 9.79 Å². The standard InChI is InChI=1S/2C7H9NO2S/c1-6-2-4-7(5-3-6)11(8,9)10;1-6-3-2-4-7(5-6)11(8,9)10/h2*2-5H,1H3,(H2,8,9,10). The molecule has 0 aliphatic carbocycles. The number of aryl methyl sites for hydroxylation is 2. The SMILES string of the molecule is Cc1ccc(S(N)(=O)=O)cc1.Cc1cccc(S(N)(=O)=O)c1. The summed E-state index contributed by atoms with van der Waals surface area (Å²) in [6.45, 7) is 3.70. The minimum absolute atomic E-state index is 0.156. The van der Waals surface area contributed by atoms with Gasteiger partial charge >= 0.3 is 0 Å². The first-order valence-electron chi connectivity index (χ1n) is 6.19. The molecule has 2 aromatic rings. The van der Waals surface area contributed by atoms with Crippen molar-refractivity contribution in [2.45, 2.75) is 23.6 Å². The Morgan fingerprint density at radius 2 is 1.18 bits per heavy atom. The highest BCUT2D eigenvalue weighted by molar-refractivity contribution is 7.89. The molecule has 0 aliphatic rings. The largest absolute Gasteiger partial charge is 0.238 e. The molecule has 0 radical (unpaired) electrons. The highest BCUT2D eigenvalue weighted by atomic mass is 32.2. The second kappa shape index (κ2) is 7.01. The maximum Gasteiger partial charge on any atom is 0.238 e. The van der Waals surface area contributed by atoms with E-state index in [4.69, 9.17) is 10.3 Å². The molecular formula is C14H18N2O4S2. The highest BCUT2D eigenvalue weighted by Gasteiger charge is 2.05. The van der Waals surface area contributed by atoms with Crippen molar-refractivity contribution in [1.29, 1.82) is 0 Å². The molecule has 0 atom stereocenters. The van der Waals surface area contributed by atoms with Crippen LogP contribution in [0.2, 0.25) is 0 Å². The molecule has 0 fully saturated rings. The molecule has 0 saturated carbocycles. The summed E-state index contributed by atoms with van der Waals surface area (Å²) in [5, 5.41) is 9.78. The van der Waals surface area contributed by atoms with Crippen molar-refractivity contribution in [3.8, 4) is 0 Å². The summed E-state index contributed by atoms with van der Waals surface area (Å²) in [5.41, 5.74) is 1.90. The van der Waals surface area contributed by atoms with Crippen molar-refractivity contribution in [2.24, 2.45) is 10.3 Å². The number of hydrogen-bond acceptors (Lipinski definition) is 4. The number of benzene rings is 2. The third-order valence-corrected chi connectivity index (χ3v) is 4.51. The van der Waals surface area contributed by atoms with Crippen LogP contribution in [-0.4, -0.2) is 16.8 Å². The Morgan fingerprint density at radius 1 is 0.682 bits per heavy atom. The fourth-order valence-electron chi connectivity index (χ4n) is 1.52. The fraction of sp³-hybridized carbons (Fsp3) is 0.143. The van der Waals surface area contributed by atoms with Crippen LogP contribution in [0, 0.1) is 13.8 Å². The smallest absolute Gasteiger partial charge is 0.225 e. The predicted octanol–water partition coefficient (Wildman–Crippen LogP) is 1.28. The monoisotopic (exact) mass is 342 g/mol. The van der Waals surface area contributed by atoms with Gasteiger partial charge in [0.1, 0.15) is 0 Å². The highest BCUT2D eigenvalue weighted by Crippen LogP contribution is 2.08. The number of rotatable bonds is 2.